The lowest BCUT2D eigenvalue weighted by molar-refractivity contribution is 0.0698. The van der Waals surface area contributed by atoms with Crippen LogP contribution in [0.25, 0.3) is 33.4 Å². The van der Waals surface area contributed by atoms with Gasteiger partial charge in [-0.15, -0.1) is 0 Å². The van der Waals surface area contributed by atoms with Crippen LogP contribution in [-0.4, -0.2) is 21.0 Å². The average Bonchev–Trinajstić information content (AvgIpc) is 2.72. The third kappa shape index (κ3) is 2.55. The van der Waals surface area contributed by atoms with E-state index in [1.54, 1.807) is 6.20 Å². The van der Waals surface area contributed by atoms with Gasteiger partial charge in [0.15, 0.2) is 0 Å². The summed E-state index contributed by atoms with van der Waals surface area (Å²) >= 11 is 0. The highest BCUT2D eigenvalue weighted by atomic mass is 19.1. The fraction of sp³-hybridized carbons (Fsp3) is 0.0870. The predicted octanol–water partition coefficient (Wildman–Crippen LogP) is 4.90. The zero-order valence-electron chi connectivity index (χ0n) is 14.8. The Balaban J connectivity index is 1.74. The fourth-order valence-corrected chi connectivity index (χ4v) is 3.97. The minimum atomic E-state index is -1.05. The lowest BCUT2D eigenvalue weighted by Crippen LogP contribution is -2.13. The summed E-state index contributed by atoms with van der Waals surface area (Å²) in [5.41, 5.74) is 5.93. The van der Waals surface area contributed by atoms with E-state index in [4.69, 9.17) is 4.98 Å². The van der Waals surface area contributed by atoms with Crippen LogP contribution < -0.4 is 0 Å². The molecule has 0 atom stereocenters. The van der Waals surface area contributed by atoms with Gasteiger partial charge in [-0.05, 0) is 60.4 Å². The van der Waals surface area contributed by atoms with Gasteiger partial charge in [0.2, 0.25) is 0 Å². The molecule has 5 heteroatoms. The van der Waals surface area contributed by atoms with Gasteiger partial charge in [0.05, 0.1) is 22.5 Å². The van der Waals surface area contributed by atoms with Crippen molar-refractivity contribution in [2.75, 3.05) is 0 Å². The number of carboxylic acids is 1. The van der Waals surface area contributed by atoms with E-state index in [1.807, 2.05) is 30.3 Å². The SMILES string of the molecule is O=C(O)c1c2c(nc3ccc(F)cc13)-c1ccc(-c3ccccn3)cc1CC2. The number of hydrogen-bond acceptors (Lipinski definition) is 3. The molecule has 0 saturated carbocycles. The molecule has 0 amide bonds. The first-order valence-corrected chi connectivity index (χ1v) is 9.02. The smallest absolute Gasteiger partial charge is 0.336 e. The molecule has 28 heavy (non-hydrogen) atoms. The topological polar surface area (TPSA) is 63.1 Å². The molecule has 1 aliphatic carbocycles. The second kappa shape index (κ2) is 6.23. The van der Waals surface area contributed by atoms with Gasteiger partial charge in [-0.25, -0.2) is 14.2 Å². The van der Waals surface area contributed by atoms with Gasteiger partial charge in [-0.2, -0.15) is 0 Å². The number of carboxylic acid groups (broad SMARTS) is 1. The number of pyridine rings is 2. The van der Waals surface area contributed by atoms with Crippen LogP contribution in [-0.2, 0) is 12.8 Å². The van der Waals surface area contributed by atoms with E-state index < -0.39 is 11.8 Å². The van der Waals surface area contributed by atoms with Crippen molar-refractivity contribution in [3.63, 3.8) is 0 Å². The molecular weight excluding hydrogens is 355 g/mol. The molecule has 0 bridgehead atoms. The number of aryl methyl sites for hydroxylation is 1. The molecule has 4 nitrogen and oxygen atoms in total. The Morgan fingerprint density at radius 1 is 1.04 bits per heavy atom. The van der Waals surface area contributed by atoms with Crippen LogP contribution in [0.15, 0.2) is 60.8 Å². The number of carbonyl (C=O) groups is 1. The van der Waals surface area contributed by atoms with Crippen molar-refractivity contribution in [2.24, 2.45) is 0 Å². The monoisotopic (exact) mass is 370 g/mol. The number of benzene rings is 2. The second-order valence-electron chi connectivity index (χ2n) is 6.87. The van der Waals surface area contributed by atoms with Gasteiger partial charge < -0.3 is 5.11 Å². The lowest BCUT2D eigenvalue weighted by atomic mass is 9.84. The summed E-state index contributed by atoms with van der Waals surface area (Å²) in [6.45, 7) is 0. The van der Waals surface area contributed by atoms with Crippen LogP contribution in [0.1, 0.15) is 21.5 Å². The first-order chi connectivity index (χ1) is 13.6. The van der Waals surface area contributed by atoms with Crippen LogP contribution in [0.4, 0.5) is 4.39 Å². The summed E-state index contributed by atoms with van der Waals surface area (Å²) in [6, 6.07) is 15.9. The van der Waals surface area contributed by atoms with Crippen molar-refractivity contribution in [1.29, 1.82) is 0 Å². The van der Waals surface area contributed by atoms with E-state index in [0.29, 0.717) is 35.0 Å². The Bertz CT molecular complexity index is 1250. The molecule has 1 aliphatic rings. The summed E-state index contributed by atoms with van der Waals surface area (Å²) < 4.78 is 13.7. The third-order valence-corrected chi connectivity index (χ3v) is 5.23. The first kappa shape index (κ1) is 16.6. The summed E-state index contributed by atoms with van der Waals surface area (Å²) in [6.07, 6.45) is 3.01. The second-order valence-corrected chi connectivity index (χ2v) is 6.87. The number of hydrogen-bond donors (Lipinski definition) is 1. The minimum Gasteiger partial charge on any atom is -0.478 e. The largest absolute Gasteiger partial charge is 0.478 e. The number of aromatic nitrogens is 2. The van der Waals surface area contributed by atoms with E-state index in [9.17, 15) is 14.3 Å². The van der Waals surface area contributed by atoms with Crippen LogP contribution >= 0.6 is 0 Å². The zero-order valence-corrected chi connectivity index (χ0v) is 14.8. The van der Waals surface area contributed by atoms with E-state index in [1.165, 1.54) is 18.2 Å². The van der Waals surface area contributed by atoms with Crippen LogP contribution in [0.3, 0.4) is 0 Å². The maximum Gasteiger partial charge on any atom is 0.336 e. The molecule has 5 rings (SSSR count). The van der Waals surface area contributed by atoms with Gasteiger partial charge in [0, 0.05) is 22.7 Å². The molecule has 1 N–H and O–H groups in total. The summed E-state index contributed by atoms with van der Waals surface area (Å²) in [5.74, 6) is -1.52. The number of halogens is 1. The maximum atomic E-state index is 13.7. The maximum absolute atomic E-state index is 13.7. The molecule has 136 valence electrons. The Kier molecular flexibility index (Phi) is 3.69. The van der Waals surface area contributed by atoms with E-state index >= 15 is 0 Å². The lowest BCUT2D eigenvalue weighted by Gasteiger charge is -2.22. The van der Waals surface area contributed by atoms with Crippen molar-refractivity contribution in [2.45, 2.75) is 12.8 Å². The minimum absolute atomic E-state index is 0.152. The Morgan fingerprint density at radius 2 is 1.93 bits per heavy atom. The van der Waals surface area contributed by atoms with Crippen molar-refractivity contribution in [3.05, 3.63) is 83.3 Å². The Hall–Kier alpha value is -3.60. The van der Waals surface area contributed by atoms with Gasteiger partial charge in [-0.3, -0.25) is 4.98 Å². The van der Waals surface area contributed by atoms with Crippen molar-refractivity contribution >= 4 is 16.9 Å². The normalized spacial score (nSPS) is 12.5. The van der Waals surface area contributed by atoms with E-state index in [0.717, 1.165) is 22.4 Å². The van der Waals surface area contributed by atoms with E-state index in [-0.39, 0.29) is 5.56 Å². The number of nitrogens with zero attached hydrogens (tertiary/aromatic N) is 2. The summed E-state index contributed by atoms with van der Waals surface area (Å²) in [4.78, 5) is 21.1. The molecule has 2 heterocycles. The van der Waals surface area contributed by atoms with Gasteiger partial charge in [-0.1, -0.05) is 18.2 Å². The summed E-state index contributed by atoms with van der Waals surface area (Å²) in [7, 11) is 0. The summed E-state index contributed by atoms with van der Waals surface area (Å²) in [5, 5.41) is 10.2. The highest BCUT2D eigenvalue weighted by Crippen LogP contribution is 2.38. The molecule has 2 aromatic carbocycles. The van der Waals surface area contributed by atoms with Gasteiger partial charge >= 0.3 is 5.97 Å². The first-order valence-electron chi connectivity index (χ1n) is 9.02. The van der Waals surface area contributed by atoms with Crippen molar-refractivity contribution in [1.82, 2.24) is 9.97 Å². The Morgan fingerprint density at radius 3 is 2.71 bits per heavy atom. The highest BCUT2D eigenvalue weighted by molar-refractivity contribution is 6.06. The van der Waals surface area contributed by atoms with Crippen molar-refractivity contribution in [3.8, 4) is 22.5 Å². The average molecular weight is 370 g/mol. The quantitative estimate of drug-likeness (QED) is 0.545. The predicted molar refractivity (Wildman–Crippen MR) is 105 cm³/mol. The van der Waals surface area contributed by atoms with Crippen LogP contribution in [0, 0.1) is 5.82 Å². The highest BCUT2D eigenvalue weighted by Gasteiger charge is 2.26. The molecule has 0 saturated heterocycles. The third-order valence-electron chi connectivity index (χ3n) is 5.23. The molecular formula is C23H15FN2O2. The molecule has 2 aromatic heterocycles. The van der Waals surface area contributed by atoms with Gasteiger partial charge in [0.1, 0.15) is 5.82 Å². The van der Waals surface area contributed by atoms with E-state index in [2.05, 4.69) is 11.1 Å². The standard InChI is InChI=1S/C23H15FN2O2/c24-15-6-9-20-18(12-15)21(23(27)28)17-8-4-13-11-14(19-3-1-2-10-25-19)5-7-16(13)22(17)26-20/h1-3,5-7,9-12H,4,8H2,(H,27,28). The van der Waals surface area contributed by atoms with Gasteiger partial charge in [0.25, 0.3) is 0 Å². The molecule has 0 fully saturated rings. The number of fused-ring (bicyclic) bond motifs is 4. The zero-order chi connectivity index (χ0) is 19.3. The Labute approximate surface area is 160 Å². The number of rotatable bonds is 2. The van der Waals surface area contributed by atoms with Crippen LogP contribution in [0.5, 0.6) is 0 Å². The molecule has 4 aromatic rings. The van der Waals surface area contributed by atoms with Crippen molar-refractivity contribution < 1.29 is 14.3 Å². The number of aromatic carboxylic acids is 1. The molecule has 0 unspecified atom stereocenters. The molecule has 0 spiro atoms. The molecule has 0 aliphatic heterocycles. The fourth-order valence-electron chi connectivity index (χ4n) is 3.97. The molecule has 0 radical (unpaired) electrons. The van der Waals surface area contributed by atoms with Crippen LogP contribution in [0.2, 0.25) is 0 Å².